The standard InChI is InChI=1S/C36H50/c1-21(2)28-19-16-20-29(30(28)22(3)4)36-34(26(11)12)32(24(7)8)31(23(5)6)33(25(9)10)35(36)27-17-14-13-15-18-27/h13-26H,1-12H3. The largest absolute Gasteiger partial charge is 0.0622 e. The summed E-state index contributed by atoms with van der Waals surface area (Å²) in [6, 6.07) is 18.3. The lowest BCUT2D eigenvalue weighted by Gasteiger charge is -2.34. The quantitative estimate of drug-likeness (QED) is 0.299. The van der Waals surface area contributed by atoms with Gasteiger partial charge in [0.25, 0.3) is 0 Å². The Morgan fingerprint density at radius 1 is 0.361 bits per heavy atom. The van der Waals surface area contributed by atoms with Crippen LogP contribution in [0.25, 0.3) is 22.3 Å². The summed E-state index contributed by atoms with van der Waals surface area (Å²) in [6.45, 7) is 28.6. The molecule has 194 valence electrons. The van der Waals surface area contributed by atoms with Crippen LogP contribution in [0.2, 0.25) is 0 Å². The van der Waals surface area contributed by atoms with Gasteiger partial charge >= 0.3 is 0 Å². The Labute approximate surface area is 222 Å². The second-order valence-electron chi connectivity index (χ2n) is 12.5. The highest BCUT2D eigenvalue weighted by molar-refractivity contribution is 5.92. The summed E-state index contributed by atoms with van der Waals surface area (Å²) >= 11 is 0. The molecule has 3 rings (SSSR count). The van der Waals surface area contributed by atoms with Crippen LogP contribution in [-0.4, -0.2) is 0 Å². The van der Waals surface area contributed by atoms with Gasteiger partial charge in [0.15, 0.2) is 0 Å². The molecule has 0 amide bonds. The van der Waals surface area contributed by atoms with Gasteiger partial charge in [0, 0.05) is 0 Å². The average molecular weight is 483 g/mol. The summed E-state index contributed by atoms with van der Waals surface area (Å²) in [7, 11) is 0. The molecule has 0 aromatic heterocycles. The molecule has 0 nitrogen and oxygen atoms in total. The minimum atomic E-state index is 0.432. The first-order valence-electron chi connectivity index (χ1n) is 14.3. The Morgan fingerprint density at radius 3 is 1.22 bits per heavy atom. The van der Waals surface area contributed by atoms with Crippen LogP contribution >= 0.6 is 0 Å². The molecule has 0 heterocycles. The van der Waals surface area contributed by atoms with Crippen LogP contribution in [0.1, 0.15) is 152 Å². The summed E-state index contributed by atoms with van der Waals surface area (Å²) in [5.74, 6) is 2.76. The lowest BCUT2D eigenvalue weighted by atomic mass is 9.69. The molecule has 36 heavy (non-hydrogen) atoms. The summed E-state index contributed by atoms with van der Waals surface area (Å²) in [5.41, 5.74) is 15.0. The van der Waals surface area contributed by atoms with Crippen LogP contribution in [0.5, 0.6) is 0 Å². The van der Waals surface area contributed by atoms with E-state index in [0.717, 1.165) is 0 Å². The maximum Gasteiger partial charge on any atom is -0.00618 e. The van der Waals surface area contributed by atoms with Crippen LogP contribution in [-0.2, 0) is 0 Å². The van der Waals surface area contributed by atoms with E-state index in [0.29, 0.717) is 35.5 Å². The molecule has 0 unspecified atom stereocenters. The zero-order chi connectivity index (χ0) is 26.9. The van der Waals surface area contributed by atoms with Crippen molar-refractivity contribution in [3.8, 4) is 22.3 Å². The highest BCUT2D eigenvalue weighted by Crippen LogP contribution is 2.52. The van der Waals surface area contributed by atoms with Crippen molar-refractivity contribution in [3.63, 3.8) is 0 Å². The third-order valence-electron chi connectivity index (χ3n) is 7.64. The molecule has 0 spiro atoms. The summed E-state index contributed by atoms with van der Waals surface area (Å²) in [4.78, 5) is 0. The average Bonchev–Trinajstić information content (AvgIpc) is 2.81. The monoisotopic (exact) mass is 482 g/mol. The predicted molar refractivity (Wildman–Crippen MR) is 162 cm³/mol. The molecule has 0 aliphatic rings. The van der Waals surface area contributed by atoms with Crippen molar-refractivity contribution in [2.24, 2.45) is 0 Å². The van der Waals surface area contributed by atoms with Gasteiger partial charge in [-0.25, -0.2) is 0 Å². The van der Waals surface area contributed by atoms with Crippen LogP contribution in [0, 0.1) is 0 Å². The number of hydrogen-bond donors (Lipinski definition) is 0. The van der Waals surface area contributed by atoms with Gasteiger partial charge in [-0.15, -0.1) is 0 Å². The van der Waals surface area contributed by atoms with E-state index in [1.54, 1.807) is 22.3 Å². The molecular weight excluding hydrogens is 432 g/mol. The highest BCUT2D eigenvalue weighted by atomic mass is 14.4. The van der Waals surface area contributed by atoms with Crippen LogP contribution < -0.4 is 0 Å². The Bertz CT molecular complexity index is 1170. The van der Waals surface area contributed by atoms with E-state index in [1.165, 1.54) is 33.4 Å². The molecular formula is C36H50. The molecule has 0 heteroatoms. The normalized spacial score (nSPS) is 12.3. The molecule has 0 saturated carbocycles. The molecule has 0 aliphatic heterocycles. The van der Waals surface area contributed by atoms with Crippen molar-refractivity contribution in [3.05, 3.63) is 81.9 Å². The second kappa shape index (κ2) is 11.4. The van der Waals surface area contributed by atoms with Gasteiger partial charge in [0.2, 0.25) is 0 Å². The van der Waals surface area contributed by atoms with Crippen molar-refractivity contribution >= 4 is 0 Å². The van der Waals surface area contributed by atoms with Gasteiger partial charge < -0.3 is 0 Å². The minimum absolute atomic E-state index is 0.432. The zero-order valence-electron chi connectivity index (χ0n) is 25.1. The molecule has 0 N–H and O–H groups in total. The van der Waals surface area contributed by atoms with E-state index in [1.807, 2.05) is 0 Å². The van der Waals surface area contributed by atoms with Gasteiger partial charge in [0.1, 0.15) is 0 Å². The maximum absolute atomic E-state index is 2.41. The van der Waals surface area contributed by atoms with Crippen molar-refractivity contribution in [2.75, 3.05) is 0 Å². The fourth-order valence-electron chi connectivity index (χ4n) is 6.41. The Kier molecular flexibility index (Phi) is 8.92. The van der Waals surface area contributed by atoms with Crippen molar-refractivity contribution < 1.29 is 0 Å². The van der Waals surface area contributed by atoms with E-state index in [9.17, 15) is 0 Å². The Hall–Kier alpha value is -2.34. The van der Waals surface area contributed by atoms with E-state index < -0.39 is 0 Å². The molecule has 3 aromatic rings. The molecule has 0 bridgehead atoms. The minimum Gasteiger partial charge on any atom is -0.0622 e. The molecule has 0 atom stereocenters. The maximum atomic E-state index is 2.41. The highest BCUT2D eigenvalue weighted by Gasteiger charge is 2.31. The van der Waals surface area contributed by atoms with Crippen molar-refractivity contribution in [1.82, 2.24) is 0 Å². The van der Waals surface area contributed by atoms with Crippen LogP contribution in [0.15, 0.2) is 48.5 Å². The first kappa shape index (κ1) is 28.2. The number of rotatable bonds is 8. The molecule has 3 aromatic carbocycles. The van der Waals surface area contributed by atoms with Gasteiger partial charge in [0.05, 0.1) is 0 Å². The van der Waals surface area contributed by atoms with E-state index in [4.69, 9.17) is 0 Å². The first-order valence-corrected chi connectivity index (χ1v) is 14.3. The van der Waals surface area contributed by atoms with Crippen molar-refractivity contribution in [2.45, 2.75) is 119 Å². The SMILES string of the molecule is CC(C)c1cccc(-c2c(-c3ccccc3)c(C(C)C)c(C(C)C)c(C(C)C)c2C(C)C)c1C(C)C. The molecule has 0 radical (unpaired) electrons. The van der Waals surface area contributed by atoms with Gasteiger partial charge in [-0.3, -0.25) is 0 Å². The summed E-state index contributed by atoms with van der Waals surface area (Å²) in [5, 5.41) is 0. The molecule has 0 fully saturated rings. The Morgan fingerprint density at radius 2 is 0.806 bits per heavy atom. The summed E-state index contributed by atoms with van der Waals surface area (Å²) in [6.07, 6.45) is 0. The van der Waals surface area contributed by atoms with Gasteiger partial charge in [-0.1, -0.05) is 132 Å². The van der Waals surface area contributed by atoms with Gasteiger partial charge in [-0.05, 0) is 91.1 Å². The third-order valence-corrected chi connectivity index (χ3v) is 7.64. The smallest absolute Gasteiger partial charge is 0.00618 e. The first-order chi connectivity index (χ1) is 16.9. The van der Waals surface area contributed by atoms with E-state index in [-0.39, 0.29) is 0 Å². The van der Waals surface area contributed by atoms with Crippen LogP contribution in [0.4, 0.5) is 0 Å². The van der Waals surface area contributed by atoms with Crippen LogP contribution in [0.3, 0.4) is 0 Å². The molecule has 0 saturated heterocycles. The third kappa shape index (κ3) is 5.20. The number of hydrogen-bond acceptors (Lipinski definition) is 0. The predicted octanol–water partition coefficient (Wildman–Crippen LogP) is 11.8. The summed E-state index contributed by atoms with van der Waals surface area (Å²) < 4.78 is 0. The fraction of sp³-hybridized carbons (Fsp3) is 0.500. The number of benzene rings is 3. The molecule has 0 aliphatic carbocycles. The topological polar surface area (TPSA) is 0 Å². The zero-order valence-corrected chi connectivity index (χ0v) is 25.1. The Balaban J connectivity index is 2.76. The lowest BCUT2D eigenvalue weighted by molar-refractivity contribution is 0.723. The second-order valence-corrected chi connectivity index (χ2v) is 12.5. The lowest BCUT2D eigenvalue weighted by Crippen LogP contribution is -2.15. The van der Waals surface area contributed by atoms with Crippen molar-refractivity contribution in [1.29, 1.82) is 0 Å². The van der Waals surface area contributed by atoms with E-state index in [2.05, 4.69) is 132 Å². The fourth-order valence-corrected chi connectivity index (χ4v) is 6.41. The van der Waals surface area contributed by atoms with Gasteiger partial charge in [-0.2, -0.15) is 0 Å². The van der Waals surface area contributed by atoms with E-state index >= 15 is 0 Å².